The van der Waals surface area contributed by atoms with Gasteiger partial charge in [-0.3, -0.25) is 0 Å². The molecule has 0 unspecified atom stereocenters. The summed E-state index contributed by atoms with van der Waals surface area (Å²) in [6, 6.07) is 16.7. The maximum absolute atomic E-state index is 12.6. The highest BCUT2D eigenvalue weighted by atomic mass is 16.5. The minimum Gasteiger partial charge on any atom is -0.487 e. The molecule has 1 heterocycles. The van der Waals surface area contributed by atoms with Gasteiger partial charge in [0, 0.05) is 0 Å². The van der Waals surface area contributed by atoms with Crippen molar-refractivity contribution in [3.63, 3.8) is 0 Å². The molecule has 0 saturated heterocycles. The van der Waals surface area contributed by atoms with Gasteiger partial charge in [-0.25, -0.2) is 9.59 Å². The second-order valence-electron chi connectivity index (χ2n) is 5.98. The highest BCUT2D eigenvalue weighted by Gasteiger charge is 2.33. The predicted octanol–water partition coefficient (Wildman–Crippen LogP) is 2.81. The molecule has 7 nitrogen and oxygen atoms in total. The lowest BCUT2D eigenvalue weighted by Crippen LogP contribution is -2.47. The molecular weight excluding hydrogens is 358 g/mol. The molecule has 0 spiro atoms. The van der Waals surface area contributed by atoms with Crippen molar-refractivity contribution in [3.05, 3.63) is 77.0 Å². The van der Waals surface area contributed by atoms with E-state index in [4.69, 9.17) is 14.7 Å². The van der Waals surface area contributed by atoms with Crippen LogP contribution in [0.2, 0.25) is 0 Å². The molecule has 1 atom stereocenters. The first kappa shape index (κ1) is 19.0. The van der Waals surface area contributed by atoms with Crippen molar-refractivity contribution in [1.29, 1.82) is 5.26 Å². The molecule has 3 rings (SSSR count). The van der Waals surface area contributed by atoms with Crippen LogP contribution in [0.3, 0.4) is 0 Å². The van der Waals surface area contributed by atoms with Gasteiger partial charge < -0.3 is 20.1 Å². The van der Waals surface area contributed by atoms with Crippen molar-refractivity contribution in [3.8, 4) is 11.8 Å². The molecule has 1 aliphatic rings. The van der Waals surface area contributed by atoms with Gasteiger partial charge >= 0.3 is 12.0 Å². The highest BCUT2D eigenvalue weighted by Crippen LogP contribution is 2.28. The van der Waals surface area contributed by atoms with E-state index >= 15 is 0 Å². The quantitative estimate of drug-likeness (QED) is 0.754. The summed E-state index contributed by atoms with van der Waals surface area (Å²) in [5.41, 5.74) is 1.81. The Kier molecular flexibility index (Phi) is 5.92. The first-order valence-corrected chi connectivity index (χ1v) is 8.78. The van der Waals surface area contributed by atoms with Gasteiger partial charge in [-0.1, -0.05) is 36.4 Å². The van der Waals surface area contributed by atoms with Crippen LogP contribution < -0.4 is 15.4 Å². The summed E-state index contributed by atoms with van der Waals surface area (Å²) in [5, 5.41) is 14.4. The summed E-state index contributed by atoms with van der Waals surface area (Å²) in [6.07, 6.45) is 0. The number of carbonyl (C=O) groups is 2. The molecule has 0 saturated carbocycles. The van der Waals surface area contributed by atoms with Gasteiger partial charge in [0.05, 0.1) is 35.6 Å². The Morgan fingerprint density at radius 3 is 2.68 bits per heavy atom. The van der Waals surface area contributed by atoms with Gasteiger partial charge in [0.25, 0.3) is 0 Å². The monoisotopic (exact) mass is 377 g/mol. The normalized spacial score (nSPS) is 15.9. The summed E-state index contributed by atoms with van der Waals surface area (Å²) < 4.78 is 10.9. The highest BCUT2D eigenvalue weighted by molar-refractivity contribution is 5.95. The third kappa shape index (κ3) is 4.30. The fourth-order valence-corrected chi connectivity index (χ4v) is 2.89. The summed E-state index contributed by atoms with van der Waals surface area (Å²) in [4.78, 5) is 24.8. The van der Waals surface area contributed by atoms with Crippen LogP contribution in [0.1, 0.15) is 24.1 Å². The Balaban J connectivity index is 1.95. The summed E-state index contributed by atoms with van der Waals surface area (Å²) in [5.74, 6) is -0.0768. The second kappa shape index (κ2) is 8.73. The third-order valence-electron chi connectivity index (χ3n) is 4.13. The first-order chi connectivity index (χ1) is 13.6. The number of esters is 1. The molecule has 0 bridgehead atoms. The number of nitriles is 1. The fraction of sp³-hybridized carbons (Fsp3) is 0.190. The summed E-state index contributed by atoms with van der Waals surface area (Å²) >= 11 is 0. The average molecular weight is 377 g/mol. The van der Waals surface area contributed by atoms with E-state index in [-0.39, 0.29) is 18.8 Å². The Bertz CT molecular complexity index is 948. The average Bonchev–Trinajstić information content (AvgIpc) is 2.72. The van der Waals surface area contributed by atoms with E-state index in [0.29, 0.717) is 17.0 Å². The first-order valence-electron chi connectivity index (χ1n) is 8.78. The van der Waals surface area contributed by atoms with Gasteiger partial charge in [0.1, 0.15) is 12.4 Å². The van der Waals surface area contributed by atoms with Crippen LogP contribution in [-0.2, 0) is 9.53 Å². The smallest absolute Gasteiger partial charge is 0.338 e. The SMILES string of the molecule is CCOC(=O)C1=C(COc2cccc(C#N)c2)NC(=O)N[C@@H]1c1ccccc1. The topological polar surface area (TPSA) is 100 Å². The third-order valence-corrected chi connectivity index (χ3v) is 4.13. The van der Waals surface area contributed by atoms with Crippen molar-refractivity contribution in [2.24, 2.45) is 0 Å². The number of hydrogen-bond donors (Lipinski definition) is 2. The van der Waals surface area contributed by atoms with Crippen LogP contribution in [-0.4, -0.2) is 25.2 Å². The fourth-order valence-electron chi connectivity index (χ4n) is 2.89. The number of urea groups is 1. The number of hydrogen-bond acceptors (Lipinski definition) is 5. The molecule has 2 amide bonds. The lowest BCUT2D eigenvalue weighted by Gasteiger charge is -2.29. The zero-order valence-corrected chi connectivity index (χ0v) is 15.3. The van der Waals surface area contributed by atoms with Crippen molar-refractivity contribution in [1.82, 2.24) is 10.6 Å². The molecule has 28 heavy (non-hydrogen) atoms. The number of amides is 2. The van der Waals surface area contributed by atoms with Gasteiger partial charge in [-0.15, -0.1) is 0 Å². The molecule has 0 radical (unpaired) electrons. The molecule has 7 heteroatoms. The number of ether oxygens (including phenoxy) is 2. The van der Waals surface area contributed by atoms with Crippen LogP contribution in [0.25, 0.3) is 0 Å². The molecule has 0 fully saturated rings. The molecule has 142 valence electrons. The van der Waals surface area contributed by atoms with Crippen LogP contribution in [0.15, 0.2) is 65.9 Å². The van der Waals surface area contributed by atoms with E-state index in [1.54, 1.807) is 31.2 Å². The van der Waals surface area contributed by atoms with Crippen molar-refractivity contribution < 1.29 is 19.1 Å². The molecule has 2 aromatic carbocycles. The van der Waals surface area contributed by atoms with E-state index < -0.39 is 18.0 Å². The van der Waals surface area contributed by atoms with Crippen LogP contribution in [0.5, 0.6) is 5.75 Å². The molecule has 0 aromatic heterocycles. The number of rotatable bonds is 6. The number of nitrogens with zero attached hydrogens (tertiary/aromatic N) is 1. The Morgan fingerprint density at radius 2 is 1.96 bits per heavy atom. The van der Waals surface area contributed by atoms with Gasteiger partial charge in [0.15, 0.2) is 0 Å². The predicted molar refractivity (Wildman–Crippen MR) is 101 cm³/mol. The summed E-state index contributed by atoms with van der Waals surface area (Å²) in [7, 11) is 0. The minimum absolute atomic E-state index is 0.0558. The van der Waals surface area contributed by atoms with E-state index in [1.165, 1.54) is 0 Å². The lowest BCUT2D eigenvalue weighted by atomic mass is 9.95. The largest absolute Gasteiger partial charge is 0.487 e. The maximum atomic E-state index is 12.6. The van der Waals surface area contributed by atoms with E-state index in [0.717, 1.165) is 5.56 Å². The van der Waals surface area contributed by atoms with Gasteiger partial charge in [0.2, 0.25) is 0 Å². The zero-order chi connectivity index (χ0) is 19.9. The summed E-state index contributed by atoms with van der Waals surface area (Å²) in [6.45, 7) is 1.87. The van der Waals surface area contributed by atoms with Crippen molar-refractivity contribution >= 4 is 12.0 Å². The van der Waals surface area contributed by atoms with Crippen molar-refractivity contribution in [2.75, 3.05) is 13.2 Å². The lowest BCUT2D eigenvalue weighted by molar-refractivity contribution is -0.139. The molecule has 2 aromatic rings. The number of benzene rings is 2. The molecule has 1 aliphatic heterocycles. The molecule has 0 aliphatic carbocycles. The zero-order valence-electron chi connectivity index (χ0n) is 15.3. The molecule has 2 N–H and O–H groups in total. The van der Waals surface area contributed by atoms with Crippen LogP contribution in [0, 0.1) is 11.3 Å². The number of carbonyl (C=O) groups excluding carboxylic acids is 2. The van der Waals surface area contributed by atoms with Gasteiger partial charge in [-0.05, 0) is 30.7 Å². The van der Waals surface area contributed by atoms with Gasteiger partial charge in [-0.2, -0.15) is 5.26 Å². The van der Waals surface area contributed by atoms with E-state index in [1.807, 2.05) is 36.4 Å². The van der Waals surface area contributed by atoms with Crippen molar-refractivity contribution in [2.45, 2.75) is 13.0 Å². The Morgan fingerprint density at radius 1 is 1.18 bits per heavy atom. The van der Waals surface area contributed by atoms with Crippen LogP contribution in [0.4, 0.5) is 4.79 Å². The van der Waals surface area contributed by atoms with Crippen LogP contribution >= 0.6 is 0 Å². The Hall–Kier alpha value is -3.79. The second-order valence-corrected chi connectivity index (χ2v) is 5.98. The van der Waals surface area contributed by atoms with E-state index in [9.17, 15) is 9.59 Å². The number of nitrogens with one attached hydrogen (secondary N) is 2. The molecular formula is C21H19N3O4. The minimum atomic E-state index is -0.655. The van der Waals surface area contributed by atoms with E-state index in [2.05, 4.69) is 10.6 Å². The maximum Gasteiger partial charge on any atom is 0.338 e. The standard InChI is InChI=1S/C21H19N3O4/c1-2-27-20(25)18-17(13-28-16-10-6-7-14(11-16)12-22)23-21(26)24-19(18)15-8-4-3-5-9-15/h3-11,19H,2,13H2,1H3,(H2,23,24,26)/t19-/m1/s1. The Labute approximate surface area is 162 Å².